The van der Waals surface area contributed by atoms with E-state index in [9.17, 15) is 4.79 Å². The molecule has 94 valence electrons. The van der Waals surface area contributed by atoms with E-state index in [1.807, 2.05) is 37.3 Å². The van der Waals surface area contributed by atoms with Gasteiger partial charge < -0.3 is 11.1 Å². The van der Waals surface area contributed by atoms with E-state index < -0.39 is 0 Å². The Morgan fingerprint density at radius 1 is 1.28 bits per heavy atom. The molecule has 1 aliphatic rings. The van der Waals surface area contributed by atoms with Crippen LogP contribution in [0.5, 0.6) is 0 Å². The number of carbonyl (C=O) groups is 1. The molecule has 3 N–H and O–H groups in total. The second-order valence-corrected chi connectivity index (χ2v) is 4.67. The Labute approximate surface area is 107 Å². The molecule has 1 aromatic carbocycles. The predicted molar refractivity (Wildman–Crippen MR) is 74.3 cm³/mol. The molecule has 0 aromatic heterocycles. The Hall–Kier alpha value is -2.03. The maximum Gasteiger partial charge on any atom is 0.254 e. The van der Waals surface area contributed by atoms with Gasteiger partial charge in [0.15, 0.2) is 0 Å². The number of hydrogen-bond acceptors (Lipinski definition) is 2. The van der Waals surface area contributed by atoms with Crippen molar-refractivity contribution >= 4 is 11.6 Å². The van der Waals surface area contributed by atoms with Crippen LogP contribution in [-0.4, -0.2) is 11.9 Å². The summed E-state index contributed by atoms with van der Waals surface area (Å²) >= 11 is 0. The van der Waals surface area contributed by atoms with Crippen LogP contribution >= 0.6 is 0 Å². The lowest BCUT2D eigenvalue weighted by Gasteiger charge is -2.22. The summed E-state index contributed by atoms with van der Waals surface area (Å²) in [6, 6.07) is 5.53. The SMILES string of the molecule is Cc1cccc(N)c1C(=O)NC1C=CC=CC1C. The fraction of sp³-hybridized carbons (Fsp3) is 0.267. The normalized spacial score (nSPS) is 21.9. The summed E-state index contributed by atoms with van der Waals surface area (Å²) in [5.41, 5.74) is 7.87. The minimum Gasteiger partial charge on any atom is -0.398 e. The summed E-state index contributed by atoms with van der Waals surface area (Å²) in [7, 11) is 0. The molecule has 2 unspecified atom stereocenters. The van der Waals surface area contributed by atoms with Crippen LogP contribution in [0, 0.1) is 12.8 Å². The number of benzene rings is 1. The number of rotatable bonds is 2. The van der Waals surface area contributed by atoms with Crippen LogP contribution in [0.3, 0.4) is 0 Å². The molecule has 18 heavy (non-hydrogen) atoms. The number of nitrogens with one attached hydrogen (secondary N) is 1. The fourth-order valence-electron chi connectivity index (χ4n) is 2.12. The number of aryl methyl sites for hydroxylation is 1. The summed E-state index contributed by atoms with van der Waals surface area (Å²) in [5.74, 6) is 0.187. The number of carbonyl (C=O) groups excluding carboxylic acids is 1. The summed E-state index contributed by atoms with van der Waals surface area (Å²) in [4.78, 5) is 12.3. The van der Waals surface area contributed by atoms with Crippen molar-refractivity contribution in [1.29, 1.82) is 0 Å². The number of amides is 1. The molecule has 2 atom stereocenters. The Bertz CT molecular complexity index is 497. The molecule has 3 nitrogen and oxygen atoms in total. The van der Waals surface area contributed by atoms with Gasteiger partial charge in [-0.25, -0.2) is 0 Å². The highest BCUT2D eigenvalue weighted by molar-refractivity contribution is 6.00. The lowest BCUT2D eigenvalue weighted by molar-refractivity contribution is 0.0938. The van der Waals surface area contributed by atoms with Gasteiger partial charge in [-0.05, 0) is 24.5 Å². The standard InChI is InChI=1S/C15H18N2O/c1-10-6-3-4-9-13(10)17-15(18)14-11(2)7-5-8-12(14)16/h3-10,13H,16H2,1-2H3,(H,17,18). The van der Waals surface area contributed by atoms with Gasteiger partial charge in [-0.1, -0.05) is 43.4 Å². The van der Waals surface area contributed by atoms with E-state index in [0.29, 0.717) is 17.2 Å². The van der Waals surface area contributed by atoms with Crippen molar-refractivity contribution in [3.05, 3.63) is 53.6 Å². The van der Waals surface area contributed by atoms with Gasteiger partial charge in [-0.15, -0.1) is 0 Å². The Morgan fingerprint density at radius 2 is 2.00 bits per heavy atom. The van der Waals surface area contributed by atoms with Gasteiger partial charge in [0.25, 0.3) is 5.91 Å². The smallest absolute Gasteiger partial charge is 0.254 e. The number of nitrogen functional groups attached to an aromatic ring is 1. The molecule has 0 spiro atoms. The fourth-order valence-corrected chi connectivity index (χ4v) is 2.12. The van der Waals surface area contributed by atoms with Gasteiger partial charge in [-0.2, -0.15) is 0 Å². The van der Waals surface area contributed by atoms with Crippen LogP contribution in [0.25, 0.3) is 0 Å². The summed E-state index contributed by atoms with van der Waals surface area (Å²) in [6.45, 7) is 3.97. The second kappa shape index (κ2) is 5.08. The topological polar surface area (TPSA) is 55.1 Å². The van der Waals surface area contributed by atoms with E-state index in [2.05, 4.69) is 18.3 Å². The lowest BCUT2D eigenvalue weighted by atomic mass is 9.96. The molecule has 0 bridgehead atoms. The van der Waals surface area contributed by atoms with Gasteiger partial charge in [0.2, 0.25) is 0 Å². The molecule has 1 amide bonds. The third-order valence-electron chi connectivity index (χ3n) is 3.24. The van der Waals surface area contributed by atoms with Crippen LogP contribution in [0.1, 0.15) is 22.8 Å². The van der Waals surface area contributed by atoms with Crippen molar-refractivity contribution < 1.29 is 4.79 Å². The minimum absolute atomic E-state index is 0.0292. The van der Waals surface area contributed by atoms with E-state index in [1.54, 1.807) is 6.07 Å². The highest BCUT2D eigenvalue weighted by Gasteiger charge is 2.19. The maximum absolute atomic E-state index is 12.3. The molecule has 0 heterocycles. The molecular formula is C15H18N2O. The summed E-state index contributed by atoms with van der Waals surface area (Å²) in [5, 5.41) is 3.01. The first-order chi connectivity index (χ1) is 8.59. The Kier molecular flexibility index (Phi) is 3.51. The van der Waals surface area contributed by atoms with Crippen LogP contribution in [0.4, 0.5) is 5.69 Å². The van der Waals surface area contributed by atoms with Crippen LogP contribution in [0.2, 0.25) is 0 Å². The molecule has 0 saturated carbocycles. The molecule has 1 aromatic rings. The molecule has 0 saturated heterocycles. The largest absolute Gasteiger partial charge is 0.398 e. The first-order valence-electron chi connectivity index (χ1n) is 6.10. The zero-order chi connectivity index (χ0) is 13.1. The molecule has 1 aliphatic carbocycles. The quantitative estimate of drug-likeness (QED) is 0.783. The van der Waals surface area contributed by atoms with Gasteiger partial charge in [0, 0.05) is 5.69 Å². The Balaban J connectivity index is 2.18. The second-order valence-electron chi connectivity index (χ2n) is 4.67. The minimum atomic E-state index is -0.109. The third kappa shape index (κ3) is 2.45. The summed E-state index contributed by atoms with van der Waals surface area (Å²) in [6.07, 6.45) is 8.02. The number of nitrogens with two attached hydrogens (primary N) is 1. The van der Waals surface area contributed by atoms with Crippen molar-refractivity contribution in [3.8, 4) is 0 Å². The molecule has 3 heteroatoms. The monoisotopic (exact) mass is 242 g/mol. The van der Waals surface area contributed by atoms with E-state index in [1.165, 1.54) is 0 Å². The van der Waals surface area contributed by atoms with Gasteiger partial charge in [0.1, 0.15) is 0 Å². The number of allylic oxidation sites excluding steroid dienone is 2. The predicted octanol–water partition coefficient (Wildman–Crippen LogP) is 2.44. The summed E-state index contributed by atoms with van der Waals surface area (Å²) < 4.78 is 0. The van der Waals surface area contributed by atoms with Gasteiger partial charge in [-0.3, -0.25) is 4.79 Å². The molecule has 0 fully saturated rings. The lowest BCUT2D eigenvalue weighted by Crippen LogP contribution is -2.38. The zero-order valence-corrected chi connectivity index (χ0v) is 10.7. The van der Waals surface area contributed by atoms with Crippen molar-refractivity contribution in [2.45, 2.75) is 19.9 Å². The first-order valence-corrected chi connectivity index (χ1v) is 6.10. The number of hydrogen-bond donors (Lipinski definition) is 2. The van der Waals surface area contributed by atoms with E-state index in [4.69, 9.17) is 5.73 Å². The van der Waals surface area contributed by atoms with Gasteiger partial charge >= 0.3 is 0 Å². The van der Waals surface area contributed by atoms with Gasteiger partial charge in [0.05, 0.1) is 11.6 Å². The van der Waals surface area contributed by atoms with E-state index in [0.717, 1.165) is 5.56 Å². The van der Waals surface area contributed by atoms with Crippen molar-refractivity contribution in [3.63, 3.8) is 0 Å². The maximum atomic E-state index is 12.3. The average Bonchev–Trinajstić information content (AvgIpc) is 2.32. The third-order valence-corrected chi connectivity index (χ3v) is 3.24. The molecule has 2 rings (SSSR count). The van der Waals surface area contributed by atoms with Crippen LogP contribution in [0.15, 0.2) is 42.5 Å². The zero-order valence-electron chi connectivity index (χ0n) is 10.7. The van der Waals surface area contributed by atoms with E-state index >= 15 is 0 Å². The number of anilines is 1. The van der Waals surface area contributed by atoms with Crippen molar-refractivity contribution in [2.75, 3.05) is 5.73 Å². The molecule has 0 aliphatic heterocycles. The highest BCUT2D eigenvalue weighted by atomic mass is 16.1. The first kappa shape index (κ1) is 12.4. The van der Waals surface area contributed by atoms with Crippen LogP contribution < -0.4 is 11.1 Å². The van der Waals surface area contributed by atoms with Crippen molar-refractivity contribution in [2.24, 2.45) is 5.92 Å². The highest BCUT2D eigenvalue weighted by Crippen LogP contribution is 2.18. The Morgan fingerprint density at radius 3 is 2.67 bits per heavy atom. The van der Waals surface area contributed by atoms with Crippen molar-refractivity contribution in [1.82, 2.24) is 5.32 Å². The molecular weight excluding hydrogens is 224 g/mol. The van der Waals surface area contributed by atoms with E-state index in [-0.39, 0.29) is 11.9 Å². The van der Waals surface area contributed by atoms with Crippen LogP contribution in [-0.2, 0) is 0 Å². The molecule has 0 radical (unpaired) electrons. The average molecular weight is 242 g/mol.